The Morgan fingerprint density at radius 3 is 2.52 bits per heavy atom. The number of carboxylic acids is 1. The highest BCUT2D eigenvalue weighted by molar-refractivity contribution is 5.93. The maximum absolute atomic E-state index is 11.8. The van der Waals surface area contributed by atoms with E-state index in [4.69, 9.17) is 10.8 Å². The minimum atomic E-state index is -1.21. The summed E-state index contributed by atoms with van der Waals surface area (Å²) >= 11 is 0. The fourth-order valence-corrected chi connectivity index (χ4v) is 1.81. The number of hydrogen-bond acceptors (Lipinski definition) is 3. The summed E-state index contributed by atoms with van der Waals surface area (Å²) < 4.78 is 0. The first kappa shape index (κ1) is 16.5. The zero-order valence-electron chi connectivity index (χ0n) is 11.8. The van der Waals surface area contributed by atoms with Crippen molar-refractivity contribution in [2.45, 2.75) is 32.2 Å². The number of nitrogens with two attached hydrogens (primary N) is 1. The summed E-state index contributed by atoms with van der Waals surface area (Å²) in [7, 11) is 0. The molecule has 7 nitrogen and oxygen atoms in total. The average Bonchev–Trinajstić information content (AvgIpc) is 2.43. The van der Waals surface area contributed by atoms with Crippen LogP contribution in [0.15, 0.2) is 24.3 Å². The van der Waals surface area contributed by atoms with Gasteiger partial charge in [-0.25, -0.2) is 9.59 Å². The van der Waals surface area contributed by atoms with Crippen LogP contribution in [0.3, 0.4) is 0 Å². The van der Waals surface area contributed by atoms with Gasteiger partial charge < -0.3 is 21.5 Å². The van der Waals surface area contributed by atoms with Gasteiger partial charge in [-0.3, -0.25) is 4.79 Å². The van der Waals surface area contributed by atoms with E-state index in [0.29, 0.717) is 5.69 Å². The lowest BCUT2D eigenvalue weighted by Gasteiger charge is -2.15. The third-order valence-corrected chi connectivity index (χ3v) is 2.93. The molecule has 0 fully saturated rings. The van der Waals surface area contributed by atoms with Gasteiger partial charge in [-0.15, -0.1) is 0 Å². The molecule has 1 aromatic carbocycles. The van der Waals surface area contributed by atoms with Crippen LogP contribution in [0.25, 0.3) is 0 Å². The van der Waals surface area contributed by atoms with Gasteiger partial charge >= 0.3 is 12.0 Å². The van der Waals surface area contributed by atoms with Crippen LogP contribution in [-0.2, 0) is 16.0 Å². The third kappa shape index (κ3) is 5.52. The van der Waals surface area contributed by atoms with Gasteiger partial charge in [0.05, 0.1) is 0 Å². The lowest BCUT2D eigenvalue weighted by atomic mass is 10.1. The van der Waals surface area contributed by atoms with Gasteiger partial charge in [-0.05, 0) is 24.5 Å². The molecule has 0 radical (unpaired) electrons. The Hall–Kier alpha value is -2.57. The van der Waals surface area contributed by atoms with E-state index in [9.17, 15) is 14.4 Å². The van der Waals surface area contributed by atoms with Gasteiger partial charge in [-0.1, -0.05) is 25.1 Å². The summed E-state index contributed by atoms with van der Waals surface area (Å²) in [6.07, 6.45) is 0.580. The summed E-state index contributed by atoms with van der Waals surface area (Å²) in [5.41, 5.74) is 6.54. The Balaban J connectivity index is 2.65. The number of hydrogen-bond donors (Lipinski definition) is 4. The van der Waals surface area contributed by atoms with E-state index < -0.39 is 23.9 Å². The predicted molar refractivity (Wildman–Crippen MR) is 77.8 cm³/mol. The molecule has 1 atom stereocenters. The van der Waals surface area contributed by atoms with Crippen molar-refractivity contribution in [2.75, 3.05) is 5.32 Å². The molecule has 0 bridgehead atoms. The molecule has 0 saturated heterocycles. The van der Waals surface area contributed by atoms with Crippen LogP contribution in [0.5, 0.6) is 0 Å². The lowest BCUT2D eigenvalue weighted by molar-refractivity contribution is -0.139. The molecule has 0 aliphatic carbocycles. The van der Waals surface area contributed by atoms with Crippen LogP contribution in [0.4, 0.5) is 10.5 Å². The monoisotopic (exact) mass is 293 g/mol. The van der Waals surface area contributed by atoms with Crippen molar-refractivity contribution in [3.8, 4) is 0 Å². The summed E-state index contributed by atoms with van der Waals surface area (Å²) in [6, 6.07) is 5.44. The molecular formula is C14H19N3O4. The van der Waals surface area contributed by atoms with Crippen LogP contribution in [0.2, 0.25) is 0 Å². The summed E-state index contributed by atoms with van der Waals surface area (Å²) in [6.45, 7) is 1.95. The number of carbonyl (C=O) groups excluding carboxylic acids is 2. The molecule has 0 saturated carbocycles. The SMILES string of the molecule is CCc1ccccc1NC(=O)N[C@@H](CCC(N)=O)C(=O)O. The minimum Gasteiger partial charge on any atom is -0.480 e. The van der Waals surface area contributed by atoms with Gasteiger partial charge in [0.25, 0.3) is 0 Å². The van der Waals surface area contributed by atoms with Crippen molar-refractivity contribution in [3.63, 3.8) is 0 Å². The number of rotatable bonds is 7. The first-order valence-electron chi connectivity index (χ1n) is 6.60. The fourth-order valence-electron chi connectivity index (χ4n) is 1.81. The molecule has 1 rings (SSSR count). The molecule has 0 aliphatic rings. The second-order valence-electron chi connectivity index (χ2n) is 4.50. The summed E-state index contributed by atoms with van der Waals surface area (Å²) in [4.78, 5) is 33.6. The molecule has 21 heavy (non-hydrogen) atoms. The number of primary amides is 1. The molecule has 0 unspecified atom stereocenters. The summed E-state index contributed by atoms with van der Waals surface area (Å²) in [5.74, 6) is -1.82. The van der Waals surface area contributed by atoms with E-state index in [2.05, 4.69) is 10.6 Å². The number of anilines is 1. The molecule has 0 aliphatic heterocycles. The number of carbonyl (C=O) groups is 3. The highest BCUT2D eigenvalue weighted by Gasteiger charge is 2.20. The van der Waals surface area contributed by atoms with Crippen molar-refractivity contribution in [2.24, 2.45) is 5.73 Å². The zero-order chi connectivity index (χ0) is 15.8. The smallest absolute Gasteiger partial charge is 0.326 e. The highest BCUT2D eigenvalue weighted by Crippen LogP contribution is 2.15. The number of aliphatic carboxylic acids is 1. The molecule has 114 valence electrons. The van der Waals surface area contributed by atoms with Crippen LogP contribution < -0.4 is 16.4 Å². The minimum absolute atomic E-state index is 0.0481. The van der Waals surface area contributed by atoms with Crippen LogP contribution in [0, 0.1) is 0 Å². The first-order valence-corrected chi connectivity index (χ1v) is 6.60. The van der Waals surface area contributed by atoms with E-state index in [-0.39, 0.29) is 12.8 Å². The van der Waals surface area contributed by atoms with E-state index in [1.54, 1.807) is 12.1 Å². The second-order valence-corrected chi connectivity index (χ2v) is 4.50. The number of amides is 3. The normalized spacial score (nSPS) is 11.5. The number of nitrogens with one attached hydrogen (secondary N) is 2. The lowest BCUT2D eigenvalue weighted by Crippen LogP contribution is -2.43. The van der Waals surface area contributed by atoms with E-state index in [1.165, 1.54) is 0 Å². The van der Waals surface area contributed by atoms with Crippen molar-refractivity contribution in [1.29, 1.82) is 0 Å². The molecule has 5 N–H and O–H groups in total. The zero-order valence-corrected chi connectivity index (χ0v) is 11.8. The summed E-state index contributed by atoms with van der Waals surface area (Å²) in [5, 5.41) is 13.9. The Labute approximate surface area is 122 Å². The molecule has 0 aromatic heterocycles. The predicted octanol–water partition coefficient (Wildman–Crippen LogP) is 1.09. The van der Waals surface area contributed by atoms with Crippen LogP contribution >= 0.6 is 0 Å². The molecular weight excluding hydrogens is 274 g/mol. The number of para-hydroxylation sites is 1. The third-order valence-electron chi connectivity index (χ3n) is 2.93. The van der Waals surface area contributed by atoms with Crippen LogP contribution in [0.1, 0.15) is 25.3 Å². The average molecular weight is 293 g/mol. The maximum Gasteiger partial charge on any atom is 0.326 e. The van der Waals surface area contributed by atoms with E-state index in [0.717, 1.165) is 12.0 Å². The number of urea groups is 1. The fraction of sp³-hybridized carbons (Fsp3) is 0.357. The second kappa shape index (κ2) is 7.88. The molecule has 7 heteroatoms. The van der Waals surface area contributed by atoms with Crippen molar-refractivity contribution >= 4 is 23.6 Å². The van der Waals surface area contributed by atoms with Crippen molar-refractivity contribution < 1.29 is 19.5 Å². The van der Waals surface area contributed by atoms with Gasteiger partial charge in [0.1, 0.15) is 6.04 Å². The molecule has 0 spiro atoms. The van der Waals surface area contributed by atoms with Gasteiger partial charge in [0, 0.05) is 12.1 Å². The molecule has 1 aromatic rings. The quantitative estimate of drug-likeness (QED) is 0.601. The van der Waals surface area contributed by atoms with Crippen molar-refractivity contribution in [1.82, 2.24) is 5.32 Å². The Kier molecular flexibility index (Phi) is 6.19. The standard InChI is InChI=1S/C14H19N3O4/c1-2-9-5-3-4-6-10(9)16-14(21)17-11(13(19)20)7-8-12(15)18/h3-6,11H,2,7-8H2,1H3,(H2,15,18)(H,19,20)(H2,16,17,21)/t11-/m0/s1. The van der Waals surface area contributed by atoms with E-state index >= 15 is 0 Å². The number of carboxylic acid groups (broad SMARTS) is 1. The van der Waals surface area contributed by atoms with E-state index in [1.807, 2.05) is 19.1 Å². The number of aryl methyl sites for hydroxylation is 1. The molecule has 3 amide bonds. The Morgan fingerprint density at radius 2 is 1.95 bits per heavy atom. The van der Waals surface area contributed by atoms with Gasteiger partial charge in [0.15, 0.2) is 0 Å². The molecule has 0 heterocycles. The van der Waals surface area contributed by atoms with Gasteiger partial charge in [0.2, 0.25) is 5.91 Å². The Bertz CT molecular complexity index is 531. The largest absolute Gasteiger partial charge is 0.480 e. The van der Waals surface area contributed by atoms with Crippen molar-refractivity contribution in [3.05, 3.63) is 29.8 Å². The van der Waals surface area contributed by atoms with Gasteiger partial charge in [-0.2, -0.15) is 0 Å². The van der Waals surface area contributed by atoms with Crippen LogP contribution in [-0.4, -0.2) is 29.1 Å². The Morgan fingerprint density at radius 1 is 1.29 bits per heavy atom. The first-order chi connectivity index (χ1) is 9.93. The number of benzene rings is 1. The highest BCUT2D eigenvalue weighted by atomic mass is 16.4. The maximum atomic E-state index is 11.8. The topological polar surface area (TPSA) is 122 Å².